The van der Waals surface area contributed by atoms with Gasteiger partial charge >= 0.3 is 0 Å². The van der Waals surface area contributed by atoms with E-state index in [2.05, 4.69) is 59.8 Å². The van der Waals surface area contributed by atoms with Crippen LogP contribution in [0.15, 0.2) is 48.7 Å². The van der Waals surface area contributed by atoms with Gasteiger partial charge in [-0.25, -0.2) is 0 Å². The van der Waals surface area contributed by atoms with Gasteiger partial charge in [-0.3, -0.25) is 4.98 Å². The first kappa shape index (κ1) is 23.2. The summed E-state index contributed by atoms with van der Waals surface area (Å²) in [5, 5.41) is 8.26. The molecule has 0 atom stereocenters. The number of anilines is 1. The second-order valence-electron chi connectivity index (χ2n) is 8.25. The number of benzene rings is 2. The van der Waals surface area contributed by atoms with Crippen molar-refractivity contribution in [1.29, 1.82) is 0 Å². The van der Waals surface area contributed by atoms with Gasteiger partial charge in [0, 0.05) is 35.9 Å². The zero-order valence-corrected chi connectivity index (χ0v) is 19.1. The Hall–Kier alpha value is -2.50. The fraction of sp³-hybridized carbons (Fsp3) is 0.400. The standard InChI is InChI=1S/C25H31N3O2.ClH/c1-18(2)7-8-19-9-10-21-22(11-14-28-23(21)15-19)27-13-4-12-26-16-20-5-3-6-24-25(20)30-17-29-24;/h3,5-6,9-11,14-15,18,26H,4,7-8,12-13,16-17H2,1-2H3,(H,27,28);1H. The predicted octanol–water partition coefficient (Wildman–Crippen LogP) is 5.57. The fourth-order valence-electron chi connectivity index (χ4n) is 3.75. The van der Waals surface area contributed by atoms with Gasteiger partial charge in [-0.05, 0) is 55.5 Å². The first-order chi connectivity index (χ1) is 14.7. The summed E-state index contributed by atoms with van der Waals surface area (Å²) in [5.41, 5.74) is 4.74. The number of hydrogen-bond acceptors (Lipinski definition) is 5. The van der Waals surface area contributed by atoms with Crippen LogP contribution >= 0.6 is 12.4 Å². The monoisotopic (exact) mass is 441 g/mol. The maximum Gasteiger partial charge on any atom is 0.231 e. The van der Waals surface area contributed by atoms with Gasteiger partial charge in [-0.15, -0.1) is 12.4 Å². The second-order valence-corrected chi connectivity index (χ2v) is 8.25. The Balaban J connectivity index is 0.00000272. The molecule has 0 unspecified atom stereocenters. The van der Waals surface area contributed by atoms with Gasteiger partial charge in [-0.2, -0.15) is 0 Å². The molecule has 0 amide bonds. The van der Waals surface area contributed by atoms with Crippen LogP contribution in [-0.4, -0.2) is 24.9 Å². The number of rotatable bonds is 10. The maximum atomic E-state index is 5.56. The van der Waals surface area contributed by atoms with E-state index < -0.39 is 0 Å². The van der Waals surface area contributed by atoms with Crippen molar-refractivity contribution in [2.45, 2.75) is 39.7 Å². The maximum absolute atomic E-state index is 5.56. The van der Waals surface area contributed by atoms with Crippen LogP contribution in [-0.2, 0) is 13.0 Å². The topological polar surface area (TPSA) is 55.4 Å². The largest absolute Gasteiger partial charge is 0.454 e. The number of ether oxygens (including phenoxy) is 2. The smallest absolute Gasteiger partial charge is 0.231 e. The molecule has 2 heterocycles. The number of aromatic nitrogens is 1. The molecule has 2 N–H and O–H groups in total. The van der Waals surface area contributed by atoms with Crippen molar-refractivity contribution in [3.05, 3.63) is 59.8 Å². The van der Waals surface area contributed by atoms with Crippen molar-refractivity contribution < 1.29 is 9.47 Å². The lowest BCUT2D eigenvalue weighted by molar-refractivity contribution is 0.173. The minimum absolute atomic E-state index is 0. The Kier molecular flexibility index (Phi) is 8.38. The summed E-state index contributed by atoms with van der Waals surface area (Å²) in [4.78, 5) is 4.57. The third-order valence-electron chi connectivity index (χ3n) is 5.46. The highest BCUT2D eigenvalue weighted by atomic mass is 35.5. The Bertz CT molecular complexity index is 994. The normalized spacial score (nSPS) is 12.2. The quantitative estimate of drug-likeness (QED) is 0.403. The number of hydrogen-bond donors (Lipinski definition) is 2. The third kappa shape index (κ3) is 6.02. The van der Waals surface area contributed by atoms with Crippen LogP contribution in [0.1, 0.15) is 37.8 Å². The number of para-hydroxylation sites is 1. The highest BCUT2D eigenvalue weighted by molar-refractivity contribution is 5.91. The molecule has 31 heavy (non-hydrogen) atoms. The Morgan fingerprint density at radius 2 is 1.97 bits per heavy atom. The van der Waals surface area contributed by atoms with Gasteiger partial charge < -0.3 is 20.1 Å². The van der Waals surface area contributed by atoms with Gasteiger partial charge in [0.1, 0.15) is 0 Å². The van der Waals surface area contributed by atoms with Gasteiger partial charge in [0.05, 0.1) is 5.52 Å². The van der Waals surface area contributed by atoms with E-state index in [0.29, 0.717) is 6.79 Å². The number of nitrogens with zero attached hydrogens (tertiary/aromatic N) is 1. The number of aryl methyl sites for hydroxylation is 1. The van der Waals surface area contributed by atoms with Crippen molar-refractivity contribution in [3.8, 4) is 11.5 Å². The van der Waals surface area contributed by atoms with Gasteiger partial charge in [0.25, 0.3) is 0 Å². The summed E-state index contributed by atoms with van der Waals surface area (Å²) in [6.45, 7) is 7.47. The molecule has 6 heteroatoms. The SMILES string of the molecule is CC(C)CCc1ccc2c(NCCCNCc3cccc4c3OCO4)ccnc2c1.Cl. The Morgan fingerprint density at radius 3 is 2.84 bits per heavy atom. The molecule has 0 bridgehead atoms. The van der Waals surface area contributed by atoms with Crippen molar-refractivity contribution in [3.63, 3.8) is 0 Å². The van der Waals surface area contributed by atoms with E-state index in [-0.39, 0.29) is 12.4 Å². The number of halogens is 1. The van der Waals surface area contributed by atoms with Crippen LogP contribution in [0.3, 0.4) is 0 Å². The fourth-order valence-corrected chi connectivity index (χ4v) is 3.75. The lowest BCUT2D eigenvalue weighted by Gasteiger charge is -2.12. The summed E-state index contributed by atoms with van der Waals surface area (Å²) in [6.07, 6.45) is 5.25. The molecule has 166 valence electrons. The first-order valence-electron chi connectivity index (χ1n) is 10.9. The van der Waals surface area contributed by atoms with Crippen LogP contribution < -0.4 is 20.1 Å². The number of nitrogens with one attached hydrogen (secondary N) is 2. The van der Waals surface area contributed by atoms with E-state index in [0.717, 1.165) is 66.7 Å². The number of fused-ring (bicyclic) bond motifs is 2. The second kappa shape index (κ2) is 11.2. The van der Waals surface area contributed by atoms with Crippen molar-refractivity contribution in [2.24, 2.45) is 5.92 Å². The minimum atomic E-state index is 0. The Morgan fingerprint density at radius 1 is 1.06 bits per heavy atom. The molecule has 4 rings (SSSR count). The van der Waals surface area contributed by atoms with Crippen LogP contribution in [0.25, 0.3) is 10.9 Å². The molecule has 0 saturated carbocycles. The average Bonchev–Trinajstić information content (AvgIpc) is 3.24. The van der Waals surface area contributed by atoms with Crippen LogP contribution in [0.2, 0.25) is 0 Å². The van der Waals surface area contributed by atoms with Gasteiger partial charge in [0.15, 0.2) is 11.5 Å². The molecule has 1 aliphatic rings. The molecule has 0 aliphatic carbocycles. The molecule has 2 aromatic carbocycles. The molecular formula is C25H32ClN3O2. The summed E-state index contributed by atoms with van der Waals surface area (Å²) in [6, 6.07) is 14.8. The Labute approximate surface area is 191 Å². The van der Waals surface area contributed by atoms with Crippen molar-refractivity contribution in [1.82, 2.24) is 10.3 Å². The van der Waals surface area contributed by atoms with E-state index in [1.165, 1.54) is 17.4 Å². The summed E-state index contributed by atoms with van der Waals surface area (Å²) < 4.78 is 11.0. The van der Waals surface area contributed by atoms with Crippen LogP contribution in [0.4, 0.5) is 5.69 Å². The molecular weight excluding hydrogens is 410 g/mol. The van der Waals surface area contributed by atoms with E-state index in [1.807, 2.05) is 18.3 Å². The summed E-state index contributed by atoms with van der Waals surface area (Å²) >= 11 is 0. The molecule has 0 spiro atoms. The molecule has 0 radical (unpaired) electrons. The molecule has 1 aliphatic heterocycles. The summed E-state index contributed by atoms with van der Waals surface area (Å²) in [5.74, 6) is 2.44. The zero-order valence-electron chi connectivity index (χ0n) is 18.3. The van der Waals surface area contributed by atoms with Gasteiger partial charge in [-0.1, -0.05) is 38.1 Å². The van der Waals surface area contributed by atoms with Crippen molar-refractivity contribution in [2.75, 3.05) is 25.2 Å². The van der Waals surface area contributed by atoms with Crippen molar-refractivity contribution >= 4 is 29.0 Å². The minimum Gasteiger partial charge on any atom is -0.454 e. The molecule has 1 aromatic heterocycles. The van der Waals surface area contributed by atoms with E-state index in [1.54, 1.807) is 0 Å². The van der Waals surface area contributed by atoms with E-state index >= 15 is 0 Å². The lowest BCUT2D eigenvalue weighted by atomic mass is 10.0. The summed E-state index contributed by atoms with van der Waals surface area (Å²) in [7, 11) is 0. The van der Waals surface area contributed by atoms with Crippen LogP contribution in [0.5, 0.6) is 11.5 Å². The number of pyridine rings is 1. The predicted molar refractivity (Wildman–Crippen MR) is 130 cm³/mol. The molecule has 3 aromatic rings. The molecule has 0 saturated heterocycles. The molecule has 5 nitrogen and oxygen atoms in total. The first-order valence-corrected chi connectivity index (χ1v) is 10.9. The highest BCUT2D eigenvalue weighted by Crippen LogP contribution is 2.35. The van der Waals surface area contributed by atoms with E-state index in [4.69, 9.17) is 9.47 Å². The molecule has 0 fully saturated rings. The van der Waals surface area contributed by atoms with E-state index in [9.17, 15) is 0 Å². The third-order valence-corrected chi connectivity index (χ3v) is 5.46. The van der Waals surface area contributed by atoms with Gasteiger partial charge in [0.2, 0.25) is 6.79 Å². The average molecular weight is 442 g/mol. The lowest BCUT2D eigenvalue weighted by Crippen LogP contribution is -2.18. The van der Waals surface area contributed by atoms with Crippen LogP contribution in [0, 0.1) is 5.92 Å². The zero-order chi connectivity index (χ0) is 20.8. The highest BCUT2D eigenvalue weighted by Gasteiger charge is 2.16.